The summed E-state index contributed by atoms with van der Waals surface area (Å²) in [6.45, 7) is 2.73. The minimum Gasteiger partial charge on any atom is -0.493 e. The van der Waals surface area contributed by atoms with E-state index in [-0.39, 0.29) is 6.79 Å². The molecule has 0 amide bonds. The molecule has 0 aromatic heterocycles. The summed E-state index contributed by atoms with van der Waals surface area (Å²) < 4.78 is 16.2. The molecule has 18 heavy (non-hydrogen) atoms. The number of aliphatic hydroxyl groups is 1. The molecule has 0 heterocycles. The summed E-state index contributed by atoms with van der Waals surface area (Å²) in [6, 6.07) is 5.39. The van der Waals surface area contributed by atoms with Gasteiger partial charge in [-0.2, -0.15) is 0 Å². The third kappa shape index (κ3) is 3.62. The van der Waals surface area contributed by atoms with Gasteiger partial charge in [0.2, 0.25) is 0 Å². The van der Waals surface area contributed by atoms with Crippen molar-refractivity contribution in [2.45, 2.75) is 25.9 Å². The lowest BCUT2D eigenvalue weighted by atomic mass is 10.1. The minimum atomic E-state index is -0.515. The first-order chi connectivity index (χ1) is 8.70. The molecule has 1 aliphatic rings. The standard InChI is InChI=1S/C14H20O4/c1-10(15)12-5-6-13(14(7-12)16-2)18-9-17-8-11-3-4-11/h5-7,10-11,15H,3-4,8-9H2,1-2H3/t10-/m1/s1. The molecule has 0 unspecified atom stereocenters. The van der Waals surface area contributed by atoms with Crippen molar-refractivity contribution in [3.05, 3.63) is 23.8 Å². The second kappa shape index (κ2) is 6.07. The van der Waals surface area contributed by atoms with E-state index in [4.69, 9.17) is 14.2 Å². The fourth-order valence-corrected chi connectivity index (χ4v) is 1.67. The Morgan fingerprint density at radius 1 is 1.33 bits per heavy atom. The van der Waals surface area contributed by atoms with Crippen molar-refractivity contribution in [2.75, 3.05) is 20.5 Å². The molecule has 0 spiro atoms. The van der Waals surface area contributed by atoms with Gasteiger partial charge in [-0.1, -0.05) is 6.07 Å². The molecule has 0 radical (unpaired) electrons. The highest BCUT2D eigenvalue weighted by atomic mass is 16.7. The van der Waals surface area contributed by atoms with Crippen molar-refractivity contribution in [3.63, 3.8) is 0 Å². The smallest absolute Gasteiger partial charge is 0.189 e. The average molecular weight is 252 g/mol. The molecule has 1 fully saturated rings. The Labute approximate surface area is 107 Å². The van der Waals surface area contributed by atoms with Crippen LogP contribution < -0.4 is 9.47 Å². The summed E-state index contributed by atoms with van der Waals surface area (Å²) >= 11 is 0. The van der Waals surface area contributed by atoms with Crippen molar-refractivity contribution >= 4 is 0 Å². The van der Waals surface area contributed by atoms with Gasteiger partial charge in [-0.25, -0.2) is 0 Å². The number of benzene rings is 1. The van der Waals surface area contributed by atoms with Gasteiger partial charge in [0.25, 0.3) is 0 Å². The Morgan fingerprint density at radius 3 is 2.72 bits per heavy atom. The first kappa shape index (κ1) is 13.2. The zero-order valence-corrected chi connectivity index (χ0v) is 10.9. The molecule has 1 aromatic carbocycles. The third-order valence-electron chi connectivity index (χ3n) is 3.02. The first-order valence-corrected chi connectivity index (χ1v) is 6.27. The molecule has 100 valence electrons. The fraction of sp³-hybridized carbons (Fsp3) is 0.571. The quantitative estimate of drug-likeness (QED) is 0.598. The van der Waals surface area contributed by atoms with E-state index >= 15 is 0 Å². The van der Waals surface area contributed by atoms with E-state index in [1.54, 1.807) is 26.2 Å². The second-order valence-electron chi connectivity index (χ2n) is 4.66. The maximum absolute atomic E-state index is 9.50. The van der Waals surface area contributed by atoms with Crippen molar-refractivity contribution in [2.24, 2.45) is 5.92 Å². The van der Waals surface area contributed by atoms with Gasteiger partial charge in [0.1, 0.15) is 0 Å². The third-order valence-corrected chi connectivity index (χ3v) is 3.02. The largest absolute Gasteiger partial charge is 0.493 e. The molecule has 2 rings (SSSR count). The maximum Gasteiger partial charge on any atom is 0.189 e. The maximum atomic E-state index is 9.50. The van der Waals surface area contributed by atoms with Gasteiger partial charge in [-0.05, 0) is 43.4 Å². The highest BCUT2D eigenvalue weighted by molar-refractivity contribution is 5.43. The summed E-state index contributed by atoms with van der Waals surface area (Å²) in [7, 11) is 1.58. The van der Waals surface area contributed by atoms with E-state index in [1.165, 1.54) is 12.8 Å². The van der Waals surface area contributed by atoms with E-state index in [9.17, 15) is 5.11 Å². The van der Waals surface area contributed by atoms with E-state index in [0.29, 0.717) is 11.5 Å². The molecular formula is C14H20O4. The lowest BCUT2D eigenvalue weighted by Crippen LogP contribution is -2.06. The monoisotopic (exact) mass is 252 g/mol. The minimum absolute atomic E-state index is 0.237. The van der Waals surface area contributed by atoms with E-state index < -0.39 is 6.10 Å². The van der Waals surface area contributed by atoms with Gasteiger partial charge in [0.05, 0.1) is 19.8 Å². The van der Waals surface area contributed by atoms with Gasteiger partial charge < -0.3 is 19.3 Å². The molecular weight excluding hydrogens is 232 g/mol. The number of rotatable bonds is 7. The Bertz CT molecular complexity index is 385. The van der Waals surface area contributed by atoms with Crippen LogP contribution in [0, 0.1) is 5.92 Å². The lowest BCUT2D eigenvalue weighted by molar-refractivity contribution is 0.00863. The zero-order valence-electron chi connectivity index (χ0n) is 10.9. The Morgan fingerprint density at radius 2 is 2.11 bits per heavy atom. The van der Waals surface area contributed by atoms with Crippen molar-refractivity contribution in [1.29, 1.82) is 0 Å². The molecule has 4 heteroatoms. The molecule has 1 atom stereocenters. The summed E-state index contributed by atoms with van der Waals surface area (Å²) in [5.74, 6) is 1.98. The molecule has 1 N–H and O–H groups in total. The highest BCUT2D eigenvalue weighted by Gasteiger charge is 2.21. The summed E-state index contributed by atoms with van der Waals surface area (Å²) in [5.41, 5.74) is 0.804. The molecule has 0 saturated heterocycles. The number of aliphatic hydroxyl groups excluding tert-OH is 1. The summed E-state index contributed by atoms with van der Waals surface area (Å²) in [4.78, 5) is 0. The SMILES string of the molecule is COc1cc([C@@H](C)O)ccc1OCOCC1CC1. The molecule has 1 aromatic rings. The van der Waals surface area contributed by atoms with Crippen LogP contribution in [-0.4, -0.2) is 25.6 Å². The van der Waals surface area contributed by atoms with Gasteiger partial charge in [-0.15, -0.1) is 0 Å². The van der Waals surface area contributed by atoms with E-state index in [0.717, 1.165) is 18.1 Å². The topological polar surface area (TPSA) is 47.9 Å². The van der Waals surface area contributed by atoms with Gasteiger partial charge in [0, 0.05) is 0 Å². The average Bonchev–Trinajstić information content (AvgIpc) is 3.18. The molecule has 0 aliphatic heterocycles. The Kier molecular flexibility index (Phi) is 4.44. The van der Waals surface area contributed by atoms with Crippen LogP contribution >= 0.6 is 0 Å². The van der Waals surface area contributed by atoms with Crippen molar-refractivity contribution < 1.29 is 19.3 Å². The van der Waals surface area contributed by atoms with Crippen LogP contribution in [0.4, 0.5) is 0 Å². The predicted octanol–water partition coefficient (Wildman–Crippen LogP) is 2.51. The van der Waals surface area contributed by atoms with Crippen molar-refractivity contribution in [1.82, 2.24) is 0 Å². The summed E-state index contributed by atoms with van der Waals surface area (Å²) in [5, 5.41) is 9.50. The van der Waals surface area contributed by atoms with Crippen LogP contribution in [0.15, 0.2) is 18.2 Å². The summed E-state index contributed by atoms with van der Waals surface area (Å²) in [6.07, 6.45) is 2.03. The van der Waals surface area contributed by atoms with E-state index in [1.807, 2.05) is 6.07 Å². The number of methoxy groups -OCH3 is 1. The second-order valence-corrected chi connectivity index (χ2v) is 4.66. The van der Waals surface area contributed by atoms with Crippen molar-refractivity contribution in [3.8, 4) is 11.5 Å². The molecule has 0 bridgehead atoms. The van der Waals surface area contributed by atoms with Crippen LogP contribution in [0.5, 0.6) is 11.5 Å². The molecule has 1 aliphatic carbocycles. The first-order valence-electron chi connectivity index (χ1n) is 6.27. The predicted molar refractivity (Wildman–Crippen MR) is 67.8 cm³/mol. The van der Waals surface area contributed by atoms with Crippen LogP contribution in [0.3, 0.4) is 0 Å². The Hall–Kier alpha value is -1.26. The van der Waals surface area contributed by atoms with Gasteiger partial charge in [-0.3, -0.25) is 0 Å². The lowest BCUT2D eigenvalue weighted by Gasteiger charge is -2.13. The van der Waals surface area contributed by atoms with E-state index in [2.05, 4.69) is 0 Å². The molecule has 1 saturated carbocycles. The van der Waals surface area contributed by atoms with Gasteiger partial charge in [0.15, 0.2) is 18.3 Å². The number of ether oxygens (including phenoxy) is 3. The zero-order chi connectivity index (χ0) is 13.0. The highest BCUT2D eigenvalue weighted by Crippen LogP contribution is 2.31. The normalized spacial score (nSPS) is 16.4. The van der Waals surface area contributed by atoms with Gasteiger partial charge >= 0.3 is 0 Å². The fourth-order valence-electron chi connectivity index (χ4n) is 1.67. The molecule has 4 nitrogen and oxygen atoms in total. The van der Waals surface area contributed by atoms with Crippen LogP contribution in [0.2, 0.25) is 0 Å². The van der Waals surface area contributed by atoms with Crippen LogP contribution in [0.25, 0.3) is 0 Å². The van der Waals surface area contributed by atoms with Crippen LogP contribution in [0.1, 0.15) is 31.4 Å². The number of hydrogen-bond acceptors (Lipinski definition) is 4. The number of hydrogen-bond donors (Lipinski definition) is 1. The van der Waals surface area contributed by atoms with Crippen LogP contribution in [-0.2, 0) is 4.74 Å². The Balaban J connectivity index is 1.89.